The van der Waals surface area contributed by atoms with Gasteiger partial charge in [0.1, 0.15) is 122 Å². The highest BCUT2D eigenvalue weighted by molar-refractivity contribution is 5.87. The maximum absolute atomic E-state index is 13.1. The lowest BCUT2D eigenvalue weighted by atomic mass is 9.95. The largest absolute Gasteiger partial charge is 0.508 e. The number of ether oxygens (including phenoxy) is 10. The molecule has 2 aromatic carbocycles. The summed E-state index contributed by atoms with van der Waals surface area (Å²) in [5.74, 6) is -3.57. The predicted molar refractivity (Wildman–Crippen MR) is 245 cm³/mol. The van der Waals surface area contributed by atoms with Gasteiger partial charge in [0.25, 0.3) is 0 Å². The Kier molecular flexibility index (Phi) is 17.9. The Morgan fingerprint density at radius 1 is 0.553 bits per heavy atom. The first kappa shape index (κ1) is 56.6. The van der Waals surface area contributed by atoms with Gasteiger partial charge in [-0.05, 0) is 48.0 Å². The second-order valence-electron chi connectivity index (χ2n) is 18.2. The van der Waals surface area contributed by atoms with Crippen LogP contribution in [-0.2, 0) is 47.4 Å². The Labute approximate surface area is 429 Å². The van der Waals surface area contributed by atoms with Crippen LogP contribution in [0.2, 0.25) is 0 Å². The third-order valence-corrected chi connectivity index (χ3v) is 13.1. The van der Waals surface area contributed by atoms with Crippen LogP contribution in [0.25, 0.3) is 11.8 Å². The van der Waals surface area contributed by atoms with Crippen LogP contribution in [0, 0.1) is 0 Å². The van der Waals surface area contributed by atoms with E-state index in [1.54, 1.807) is 0 Å². The maximum Gasteiger partial charge on any atom is 0.330 e. The average molecular weight is 1080 g/mol. The van der Waals surface area contributed by atoms with Crippen molar-refractivity contribution < 1.29 is 139 Å². The van der Waals surface area contributed by atoms with Crippen LogP contribution in [0.15, 0.2) is 89.6 Å². The number of aromatic hydroxyl groups is 2. The highest BCUT2D eigenvalue weighted by Crippen LogP contribution is 2.42. The Bertz CT molecular complexity index is 2490. The number of hydrogen-bond acceptors (Lipinski definition) is 28. The normalized spacial score (nSPS) is 38.8. The van der Waals surface area contributed by atoms with Crippen LogP contribution in [0.1, 0.15) is 11.1 Å². The summed E-state index contributed by atoms with van der Waals surface area (Å²) < 4.78 is 57.8. The van der Waals surface area contributed by atoms with E-state index in [4.69, 9.17) is 47.4 Å². The average Bonchev–Trinajstić information content (AvgIpc) is 3.42. The molecule has 28 heteroatoms. The summed E-state index contributed by atoms with van der Waals surface area (Å²) in [5.41, 5.74) is 0.351. The number of allylic oxidation sites excluding steroid dienone is 2. The third kappa shape index (κ3) is 11.9. The number of esters is 1. The second kappa shape index (κ2) is 24.0. The Balaban J connectivity index is 1.06. The Morgan fingerprint density at radius 3 is 1.67 bits per heavy atom. The molecule has 0 amide bonds. The topological polar surface area (TPSA) is 453 Å². The molecule has 0 aromatic heterocycles. The van der Waals surface area contributed by atoms with Crippen molar-refractivity contribution in [1.29, 1.82) is 0 Å². The van der Waals surface area contributed by atoms with E-state index in [2.05, 4.69) is 0 Å². The molecule has 1 aliphatic carbocycles. The summed E-state index contributed by atoms with van der Waals surface area (Å²) in [6.07, 6.45) is -31.2. The minimum Gasteiger partial charge on any atom is -0.508 e. The van der Waals surface area contributed by atoms with Crippen molar-refractivity contribution in [2.45, 2.75) is 129 Å². The molecule has 1 unspecified atom stereocenters. The number of fused-ring (bicyclic) bond motifs is 1. The fraction of sp³-hybridized carbons (Fsp3) is 0.521. The van der Waals surface area contributed by atoms with Crippen molar-refractivity contribution in [3.05, 3.63) is 101 Å². The van der Waals surface area contributed by atoms with E-state index in [1.807, 2.05) is 0 Å². The Morgan fingerprint density at radius 2 is 1.09 bits per heavy atom. The molecular weight excluding hydrogens is 1020 g/mol. The summed E-state index contributed by atoms with van der Waals surface area (Å²) in [6.45, 7) is -3.18. The molecule has 28 nitrogen and oxygen atoms in total. The van der Waals surface area contributed by atoms with Gasteiger partial charge in [-0.15, -0.1) is 0 Å². The van der Waals surface area contributed by atoms with Crippen molar-refractivity contribution in [1.82, 2.24) is 0 Å². The van der Waals surface area contributed by atoms with Gasteiger partial charge in [-0.3, -0.25) is 0 Å². The summed E-state index contributed by atoms with van der Waals surface area (Å²) in [4.78, 5) is 13.1. The standard InChI is InChI=1S/C48H58O28/c49-13-27-32(56)36(60)40(64)45(72-27)68-20-5-1-17(2-6-20)3-8-31(55)67-16-30-35(59)39(63)44(76-47-42(66)38(62)34(58)29(15-51)74-47)48(75-30)71-26-12-21-24(69-43(26)18-4-7-22(53)23(54)9-18)10-19(52)11-25(21)70-46-41(65)37(61)33(57)28(14-50)73-46/h1-12,24,27-30,32-42,44-54,56-66H,13-16H2/b8-3+/t24?,27-,28-,29-,30-,32-,33-,34-,35-,36+,37+,38+,39+,40-,41-,42-,44-,45-,46-,47+,48+/m1/s1. The number of phenols is 2. The molecule has 418 valence electrons. The van der Waals surface area contributed by atoms with Gasteiger partial charge in [0, 0.05) is 29.4 Å². The van der Waals surface area contributed by atoms with Gasteiger partial charge in [0.05, 0.1) is 19.8 Å². The zero-order chi connectivity index (χ0) is 54.9. The Hall–Kier alpha value is -5.55. The zero-order valence-corrected chi connectivity index (χ0v) is 39.5. The summed E-state index contributed by atoms with van der Waals surface area (Å²) in [6, 6.07) is 9.19. The van der Waals surface area contributed by atoms with Gasteiger partial charge in [-0.1, -0.05) is 12.1 Å². The van der Waals surface area contributed by atoms with Crippen molar-refractivity contribution in [2.75, 3.05) is 26.4 Å². The highest BCUT2D eigenvalue weighted by Gasteiger charge is 2.53. The minimum atomic E-state index is -2.12. The van der Waals surface area contributed by atoms with E-state index in [0.717, 1.165) is 24.3 Å². The fourth-order valence-corrected chi connectivity index (χ4v) is 8.72. The summed E-state index contributed by atoms with van der Waals surface area (Å²) in [5, 5.41) is 178. The molecule has 8 rings (SSSR count). The van der Waals surface area contributed by atoms with Crippen molar-refractivity contribution in [3.63, 3.8) is 0 Å². The van der Waals surface area contributed by atoms with Crippen molar-refractivity contribution in [2.24, 2.45) is 0 Å². The lowest BCUT2D eigenvalue weighted by Gasteiger charge is -2.46. The molecule has 0 spiro atoms. The molecule has 4 fully saturated rings. The third-order valence-electron chi connectivity index (χ3n) is 13.1. The zero-order valence-electron chi connectivity index (χ0n) is 39.5. The summed E-state index contributed by atoms with van der Waals surface area (Å²) in [7, 11) is 0. The van der Waals surface area contributed by atoms with Crippen molar-refractivity contribution in [3.8, 4) is 17.2 Å². The number of benzene rings is 2. The molecule has 6 aliphatic rings. The lowest BCUT2D eigenvalue weighted by molar-refractivity contribution is -0.363. The summed E-state index contributed by atoms with van der Waals surface area (Å²) >= 11 is 0. The molecule has 5 aliphatic heterocycles. The van der Waals surface area contributed by atoms with Crippen molar-refractivity contribution >= 4 is 17.8 Å². The van der Waals surface area contributed by atoms with E-state index >= 15 is 0 Å². The van der Waals surface area contributed by atoms with E-state index in [-0.39, 0.29) is 28.4 Å². The second-order valence-corrected chi connectivity index (χ2v) is 18.2. The van der Waals surface area contributed by atoms with Crippen LogP contribution in [0.3, 0.4) is 0 Å². The number of carbonyl (C=O) groups is 1. The van der Waals surface area contributed by atoms with Crippen LogP contribution < -0.4 is 4.74 Å². The smallest absolute Gasteiger partial charge is 0.330 e. The molecule has 2 aromatic rings. The molecule has 17 N–H and O–H groups in total. The number of carbonyl (C=O) groups excluding carboxylic acids is 1. The van der Waals surface area contributed by atoms with E-state index < -0.39 is 184 Å². The molecule has 4 saturated heterocycles. The fourth-order valence-electron chi connectivity index (χ4n) is 8.72. The lowest BCUT2D eigenvalue weighted by Crippen LogP contribution is -2.64. The molecule has 21 atom stereocenters. The van der Waals surface area contributed by atoms with E-state index in [9.17, 15) is 91.6 Å². The van der Waals surface area contributed by atoms with Crippen LogP contribution in [0.4, 0.5) is 0 Å². The maximum atomic E-state index is 13.1. The van der Waals surface area contributed by atoms with Gasteiger partial charge in [-0.2, -0.15) is 0 Å². The first-order valence-electron chi connectivity index (χ1n) is 23.5. The number of phenolic OH excluding ortho intramolecular Hbond substituents is 2. The molecule has 0 saturated carbocycles. The predicted octanol–water partition coefficient (Wildman–Crippen LogP) is -5.67. The van der Waals surface area contributed by atoms with Gasteiger partial charge in [0.2, 0.25) is 18.9 Å². The number of rotatable bonds is 16. The van der Waals surface area contributed by atoms with E-state index in [1.165, 1.54) is 48.6 Å². The van der Waals surface area contributed by atoms with E-state index in [0.29, 0.717) is 5.56 Å². The number of hydrogen-bond donors (Lipinski definition) is 17. The molecular formula is C48H58O28. The highest BCUT2D eigenvalue weighted by atomic mass is 16.8. The number of aliphatic hydroxyl groups excluding tert-OH is 15. The molecule has 0 radical (unpaired) electrons. The van der Waals surface area contributed by atoms with Gasteiger partial charge >= 0.3 is 5.97 Å². The molecule has 5 heterocycles. The minimum absolute atomic E-state index is 0.0181. The first-order valence-corrected chi connectivity index (χ1v) is 23.5. The van der Waals surface area contributed by atoms with Gasteiger partial charge in [0.15, 0.2) is 35.4 Å². The van der Waals surface area contributed by atoms with Crippen LogP contribution in [0.5, 0.6) is 17.2 Å². The molecule has 76 heavy (non-hydrogen) atoms. The van der Waals surface area contributed by atoms with Crippen LogP contribution >= 0.6 is 0 Å². The first-order chi connectivity index (χ1) is 36.2. The van der Waals surface area contributed by atoms with Crippen LogP contribution in [-0.4, -0.2) is 248 Å². The monoisotopic (exact) mass is 1080 g/mol. The van der Waals surface area contributed by atoms with Gasteiger partial charge in [-0.25, -0.2) is 4.79 Å². The number of aliphatic hydroxyl groups is 15. The van der Waals surface area contributed by atoms with Gasteiger partial charge < -0.3 is 134 Å². The SMILES string of the molecule is O=C(/C=C/c1ccc(O[C@@H]2O[C@H](CO)[C@@H](O)[C@H](O)[C@H]2O)cc1)OC[C@H]1O[C@H](OC2=C(c3ccc(O)c(O)c3)OC3C=C(O)C=C(O[C@@H]4O[C@H](CO)[C@@H](O)[C@H](O)[C@H]4O)C3=C2)[C@H](O[C@@H]2O[C@H](CO)[C@@H](O)[C@H](O)[C@H]2O)[C@@H](O)[C@@H]1O. The molecule has 0 bridgehead atoms. The quantitative estimate of drug-likeness (QED) is 0.0423.